The summed E-state index contributed by atoms with van der Waals surface area (Å²) in [6.07, 6.45) is 0. The average Bonchev–Trinajstić information content (AvgIpc) is 2.89. The second kappa shape index (κ2) is 10.8. The lowest BCUT2D eigenvalue weighted by Gasteiger charge is -2.24. The van der Waals surface area contributed by atoms with Gasteiger partial charge >= 0.3 is 11.9 Å². The topological polar surface area (TPSA) is 78.9 Å². The van der Waals surface area contributed by atoms with Gasteiger partial charge in [-0.3, -0.25) is 9.15 Å². The molecule has 0 fully saturated rings. The first-order valence-electron chi connectivity index (χ1n) is 11.9. The molecule has 0 amide bonds. The van der Waals surface area contributed by atoms with Crippen molar-refractivity contribution in [2.24, 2.45) is 0 Å². The lowest BCUT2D eigenvalue weighted by Crippen LogP contribution is -2.17. The Labute approximate surface area is 228 Å². The van der Waals surface area contributed by atoms with Gasteiger partial charge in [0.05, 0.1) is 16.0 Å². The largest absolute Gasteiger partial charge is 0.387 e. The summed E-state index contributed by atoms with van der Waals surface area (Å²) < 4.78 is 10.1. The smallest absolute Gasteiger partial charge is 0.285 e. The maximum atomic E-state index is 13.2. The SMILES string of the molecule is CC(C)(C)c1cccc(C(=O)OOC(=O)c2ccc3ooc3c2Sc2ccccc2)c1Sc1ccccc1. The Hall–Kier alpha value is -3.88. The minimum absolute atomic E-state index is 0.191. The molecule has 0 atom stereocenters. The molecule has 0 unspecified atom stereocenters. The first-order chi connectivity index (χ1) is 18.3. The van der Waals surface area contributed by atoms with E-state index in [1.54, 1.807) is 24.3 Å². The maximum absolute atomic E-state index is 13.2. The van der Waals surface area contributed by atoms with Crippen LogP contribution in [0.4, 0.5) is 0 Å². The number of hydrogen-bond acceptors (Lipinski definition) is 8. The second-order valence-corrected chi connectivity index (χ2v) is 11.6. The van der Waals surface area contributed by atoms with Crippen molar-refractivity contribution in [3.8, 4) is 0 Å². The molecule has 0 aliphatic heterocycles. The van der Waals surface area contributed by atoms with E-state index >= 15 is 0 Å². The minimum Gasteiger partial charge on any atom is -0.285 e. The summed E-state index contributed by atoms with van der Waals surface area (Å²) in [5.74, 6) is -1.58. The Balaban J connectivity index is 1.40. The summed E-state index contributed by atoms with van der Waals surface area (Å²) in [7, 11) is 0. The Morgan fingerprint density at radius 3 is 1.71 bits per heavy atom. The molecule has 0 radical (unpaired) electrons. The van der Waals surface area contributed by atoms with Crippen molar-refractivity contribution in [3.63, 3.8) is 0 Å². The molecule has 5 rings (SSSR count). The Morgan fingerprint density at radius 2 is 1.18 bits per heavy atom. The number of benzene rings is 4. The van der Waals surface area contributed by atoms with E-state index in [4.69, 9.17) is 18.9 Å². The van der Waals surface area contributed by atoms with Gasteiger partial charge in [-0.05, 0) is 53.4 Å². The summed E-state index contributed by atoms with van der Waals surface area (Å²) >= 11 is 2.79. The van der Waals surface area contributed by atoms with Crippen LogP contribution in [0.3, 0.4) is 0 Å². The molecule has 1 aromatic heterocycles. The van der Waals surface area contributed by atoms with Gasteiger partial charge in [-0.2, -0.15) is 0 Å². The lowest BCUT2D eigenvalue weighted by atomic mass is 9.86. The normalized spacial score (nSPS) is 11.4. The molecule has 6 nitrogen and oxygen atoms in total. The van der Waals surface area contributed by atoms with Crippen LogP contribution in [-0.4, -0.2) is 11.9 Å². The van der Waals surface area contributed by atoms with Crippen LogP contribution in [-0.2, 0) is 15.2 Å². The van der Waals surface area contributed by atoms with Crippen LogP contribution in [0.15, 0.2) is 120 Å². The van der Waals surface area contributed by atoms with Crippen LogP contribution in [0, 0.1) is 0 Å². The van der Waals surface area contributed by atoms with Crippen LogP contribution in [0.2, 0.25) is 0 Å². The highest BCUT2D eigenvalue weighted by atomic mass is 32.2. The van der Waals surface area contributed by atoms with Crippen molar-refractivity contribution in [2.45, 2.75) is 45.8 Å². The van der Waals surface area contributed by atoms with Gasteiger partial charge in [0, 0.05) is 14.7 Å². The number of hydrogen-bond donors (Lipinski definition) is 0. The maximum Gasteiger partial charge on any atom is 0.387 e. The molecular formula is C30H24O6S2. The molecule has 38 heavy (non-hydrogen) atoms. The highest BCUT2D eigenvalue weighted by Crippen LogP contribution is 2.40. The van der Waals surface area contributed by atoms with Crippen molar-refractivity contribution in [3.05, 3.63) is 108 Å². The van der Waals surface area contributed by atoms with Gasteiger partial charge in [0.2, 0.25) is 11.2 Å². The molecule has 0 saturated heterocycles. The lowest BCUT2D eigenvalue weighted by molar-refractivity contribution is -0.188. The molecule has 5 aromatic rings. The first kappa shape index (κ1) is 25.8. The van der Waals surface area contributed by atoms with Gasteiger partial charge in [0.25, 0.3) is 0 Å². The molecule has 0 spiro atoms. The fourth-order valence-electron chi connectivity index (χ4n) is 3.78. The van der Waals surface area contributed by atoms with Gasteiger partial charge in [-0.25, -0.2) is 19.4 Å². The number of rotatable bonds is 6. The molecule has 0 aliphatic rings. The molecule has 0 bridgehead atoms. The van der Waals surface area contributed by atoms with Gasteiger partial charge in [0.15, 0.2) is 0 Å². The molecule has 1 heterocycles. The van der Waals surface area contributed by atoms with Gasteiger partial charge in [-0.1, -0.05) is 92.8 Å². The van der Waals surface area contributed by atoms with E-state index in [0.717, 1.165) is 20.2 Å². The van der Waals surface area contributed by atoms with E-state index in [0.29, 0.717) is 21.6 Å². The highest BCUT2D eigenvalue weighted by Gasteiger charge is 2.27. The summed E-state index contributed by atoms with van der Waals surface area (Å²) in [5, 5.41) is 0. The fourth-order valence-corrected chi connectivity index (χ4v) is 6.07. The van der Waals surface area contributed by atoms with Crippen molar-refractivity contribution in [1.82, 2.24) is 0 Å². The summed E-state index contributed by atoms with van der Waals surface area (Å²) in [6, 6.07) is 27.9. The van der Waals surface area contributed by atoms with E-state index in [1.165, 1.54) is 23.5 Å². The Bertz CT molecular complexity index is 1580. The van der Waals surface area contributed by atoms with E-state index < -0.39 is 11.9 Å². The Morgan fingerprint density at radius 1 is 0.632 bits per heavy atom. The summed E-state index contributed by atoms with van der Waals surface area (Å²) in [4.78, 5) is 39.6. The first-order valence-corrected chi connectivity index (χ1v) is 13.5. The zero-order valence-corrected chi connectivity index (χ0v) is 22.6. The molecule has 0 saturated carbocycles. The van der Waals surface area contributed by atoms with Crippen molar-refractivity contribution >= 4 is 46.6 Å². The van der Waals surface area contributed by atoms with Crippen LogP contribution in [0.25, 0.3) is 11.2 Å². The van der Waals surface area contributed by atoms with Crippen LogP contribution in [0.1, 0.15) is 47.1 Å². The van der Waals surface area contributed by atoms with Crippen LogP contribution < -0.4 is 0 Å². The van der Waals surface area contributed by atoms with Crippen molar-refractivity contribution < 1.29 is 28.5 Å². The molecular weight excluding hydrogens is 520 g/mol. The molecule has 8 heteroatoms. The third-order valence-corrected chi connectivity index (χ3v) is 7.94. The number of carbonyl (C=O) groups is 2. The van der Waals surface area contributed by atoms with Crippen LogP contribution >= 0.6 is 23.5 Å². The predicted octanol–water partition coefficient (Wildman–Crippen LogP) is 8.55. The van der Waals surface area contributed by atoms with E-state index in [9.17, 15) is 9.59 Å². The highest BCUT2D eigenvalue weighted by molar-refractivity contribution is 7.99. The quantitative estimate of drug-likeness (QED) is 0.155. The standard InChI is InChI=1S/C30H24O6S2/c1-30(2,3)23-16-10-15-21(26(23)37-19-11-6-4-7-12-19)28(31)35-36-29(32)22-17-18-24-25(34-33-24)27(22)38-20-13-8-5-9-14-20/h4-18H,1-3H3. The molecule has 192 valence electrons. The number of fused-ring (bicyclic) bond motifs is 1. The average molecular weight is 545 g/mol. The van der Waals surface area contributed by atoms with E-state index in [1.807, 2.05) is 66.7 Å². The van der Waals surface area contributed by atoms with Gasteiger partial charge in [0.1, 0.15) is 0 Å². The van der Waals surface area contributed by atoms with Crippen molar-refractivity contribution in [1.29, 1.82) is 0 Å². The molecule has 0 N–H and O–H groups in total. The van der Waals surface area contributed by atoms with E-state index in [-0.39, 0.29) is 11.0 Å². The summed E-state index contributed by atoms with van der Waals surface area (Å²) in [6.45, 7) is 6.24. The Kier molecular flexibility index (Phi) is 7.35. The minimum atomic E-state index is -0.820. The zero-order chi connectivity index (χ0) is 26.7. The van der Waals surface area contributed by atoms with Crippen LogP contribution in [0.5, 0.6) is 0 Å². The van der Waals surface area contributed by atoms with E-state index in [2.05, 4.69) is 20.8 Å². The van der Waals surface area contributed by atoms with Gasteiger partial charge < -0.3 is 0 Å². The number of carbonyl (C=O) groups excluding carboxylic acids is 2. The van der Waals surface area contributed by atoms with Crippen molar-refractivity contribution in [2.75, 3.05) is 0 Å². The fraction of sp³-hybridized carbons (Fsp3) is 0.133. The third kappa shape index (κ3) is 5.51. The zero-order valence-electron chi connectivity index (χ0n) is 20.9. The summed E-state index contributed by atoms with van der Waals surface area (Å²) in [5.41, 5.74) is 2.19. The predicted molar refractivity (Wildman–Crippen MR) is 146 cm³/mol. The third-order valence-electron chi connectivity index (χ3n) is 5.67. The monoisotopic (exact) mass is 544 g/mol. The van der Waals surface area contributed by atoms with Gasteiger partial charge in [-0.15, -0.1) is 0 Å². The second-order valence-electron chi connectivity index (χ2n) is 9.44. The molecule has 0 aliphatic carbocycles. The molecule has 4 aromatic carbocycles.